The molecule has 0 radical (unpaired) electrons. The average molecular weight is 648 g/mol. The topological polar surface area (TPSA) is 43.6 Å². The maximum absolute atomic E-state index is 13.9. The number of rotatable bonds is 4. The molecule has 38 heavy (non-hydrogen) atoms. The third-order valence-electron chi connectivity index (χ3n) is 6.94. The van der Waals surface area contributed by atoms with Gasteiger partial charge in [-0.2, -0.15) is 0 Å². The summed E-state index contributed by atoms with van der Waals surface area (Å²) in [6.45, 7) is 0. The smallest absolute Gasteiger partial charge is 0.271 e. The van der Waals surface area contributed by atoms with Gasteiger partial charge in [0.05, 0.1) is 23.4 Å². The summed E-state index contributed by atoms with van der Waals surface area (Å²) < 4.78 is 9.93. The van der Waals surface area contributed by atoms with Crippen molar-refractivity contribution in [1.29, 1.82) is 0 Å². The number of nitrogens with zero attached hydrogens (tertiary/aromatic N) is 2. The predicted octanol–water partition coefficient (Wildman–Crippen LogP) is 7.02. The molecule has 1 aliphatic heterocycles. The molecule has 4 nitrogen and oxygen atoms in total. The number of ether oxygens (including phenoxy) is 1. The molecule has 0 unspecified atom stereocenters. The Morgan fingerprint density at radius 2 is 1.53 bits per heavy atom. The van der Waals surface area contributed by atoms with Crippen molar-refractivity contribution < 1.29 is 4.74 Å². The van der Waals surface area contributed by atoms with Crippen LogP contribution in [0.3, 0.4) is 0 Å². The average Bonchev–Trinajstić information content (AvgIpc) is 3.24. The van der Waals surface area contributed by atoms with Gasteiger partial charge in [0.2, 0.25) is 0 Å². The van der Waals surface area contributed by atoms with E-state index in [1.165, 1.54) is 22.5 Å². The maximum Gasteiger partial charge on any atom is 0.271 e. The second kappa shape index (κ2) is 10.6. The van der Waals surface area contributed by atoms with E-state index in [1.807, 2.05) is 47.0 Å². The molecule has 1 aliphatic carbocycles. The van der Waals surface area contributed by atoms with Crippen molar-refractivity contribution in [2.24, 2.45) is 4.99 Å². The van der Waals surface area contributed by atoms with E-state index in [4.69, 9.17) is 9.73 Å². The van der Waals surface area contributed by atoms with Crippen LogP contribution in [-0.2, 0) is 0 Å². The highest BCUT2D eigenvalue weighted by Crippen LogP contribution is 2.41. The molecule has 0 saturated heterocycles. The molecule has 0 bridgehead atoms. The minimum absolute atomic E-state index is 0.00644. The Morgan fingerprint density at radius 3 is 2.21 bits per heavy atom. The van der Waals surface area contributed by atoms with Crippen LogP contribution in [0.5, 0.6) is 5.75 Å². The van der Waals surface area contributed by atoms with Gasteiger partial charge >= 0.3 is 0 Å². The SMILES string of the molecule is COc1ccc(/C=c2\sc3n(c2=O)[C@@H](c2ccc(Br)cc2)C2=C(N=3)/C(=C\c3ccc(Br)cc3)CCC2)cc1. The summed E-state index contributed by atoms with van der Waals surface area (Å²) in [6, 6.07) is 24.2. The van der Waals surface area contributed by atoms with Gasteiger partial charge in [-0.25, -0.2) is 4.99 Å². The van der Waals surface area contributed by atoms with E-state index < -0.39 is 0 Å². The minimum Gasteiger partial charge on any atom is -0.497 e. The van der Waals surface area contributed by atoms with E-state index in [1.54, 1.807) is 7.11 Å². The molecule has 2 aliphatic rings. The number of hydrogen-bond acceptors (Lipinski definition) is 4. The Balaban J connectivity index is 1.55. The lowest BCUT2D eigenvalue weighted by molar-refractivity contribution is 0.415. The zero-order chi connectivity index (χ0) is 26.2. The number of methoxy groups -OCH3 is 1. The number of halogens is 2. The van der Waals surface area contributed by atoms with Crippen LogP contribution >= 0.6 is 43.2 Å². The maximum atomic E-state index is 13.9. The van der Waals surface area contributed by atoms with Gasteiger partial charge in [0, 0.05) is 8.95 Å². The van der Waals surface area contributed by atoms with Crippen molar-refractivity contribution in [3.63, 3.8) is 0 Å². The molecule has 0 N–H and O–H groups in total. The normalized spacial score (nSPS) is 18.2. The van der Waals surface area contributed by atoms with Crippen LogP contribution < -0.4 is 19.6 Å². The molecule has 3 aromatic carbocycles. The summed E-state index contributed by atoms with van der Waals surface area (Å²) in [5, 5.41) is 0. The Labute approximate surface area is 241 Å². The molecule has 0 amide bonds. The van der Waals surface area contributed by atoms with Gasteiger partial charge in [-0.3, -0.25) is 9.36 Å². The standard InChI is InChI=1S/C31H24Br2N2O2S/c1-37-25-15-7-20(8-16-25)18-27-30(36)35-29(21-9-13-24(33)14-10-21)26-4-2-3-22(28(26)34-31(35)38-27)17-19-5-11-23(32)12-6-19/h5-18,29H,2-4H2,1H3/b22-17-,27-18-/t29-/m0/s1. The number of thiazole rings is 1. The van der Waals surface area contributed by atoms with E-state index in [0.717, 1.165) is 61.1 Å². The zero-order valence-corrected chi connectivity index (χ0v) is 24.6. The molecule has 2 heterocycles. The molecular weight excluding hydrogens is 624 g/mol. The minimum atomic E-state index is -0.180. The number of benzene rings is 3. The molecule has 7 heteroatoms. The monoisotopic (exact) mass is 646 g/mol. The summed E-state index contributed by atoms with van der Waals surface area (Å²) in [5.41, 5.74) is 6.66. The van der Waals surface area contributed by atoms with Crippen LogP contribution in [-0.4, -0.2) is 11.7 Å². The largest absolute Gasteiger partial charge is 0.497 e. The fourth-order valence-electron chi connectivity index (χ4n) is 5.11. The van der Waals surface area contributed by atoms with Crippen molar-refractivity contribution in [2.45, 2.75) is 25.3 Å². The number of hydrogen-bond donors (Lipinski definition) is 0. The molecular formula is C31H24Br2N2O2S. The fourth-order valence-corrected chi connectivity index (χ4v) is 6.64. The van der Waals surface area contributed by atoms with Crippen LogP contribution in [0.4, 0.5) is 0 Å². The van der Waals surface area contributed by atoms with Crippen LogP contribution in [0.2, 0.25) is 0 Å². The van der Waals surface area contributed by atoms with Crippen molar-refractivity contribution in [1.82, 2.24) is 4.57 Å². The van der Waals surface area contributed by atoms with Gasteiger partial charge in [-0.1, -0.05) is 79.6 Å². The second-order valence-corrected chi connectivity index (χ2v) is 12.2. The lowest BCUT2D eigenvalue weighted by Crippen LogP contribution is -2.39. The van der Waals surface area contributed by atoms with E-state index >= 15 is 0 Å². The van der Waals surface area contributed by atoms with Crippen molar-refractivity contribution in [3.05, 3.63) is 135 Å². The van der Waals surface area contributed by atoms with E-state index in [-0.39, 0.29) is 11.6 Å². The quantitative estimate of drug-likeness (QED) is 0.239. The van der Waals surface area contributed by atoms with E-state index in [9.17, 15) is 4.79 Å². The third kappa shape index (κ3) is 4.91. The van der Waals surface area contributed by atoms with E-state index in [2.05, 4.69) is 74.3 Å². The highest BCUT2D eigenvalue weighted by atomic mass is 79.9. The Kier molecular flexibility index (Phi) is 7.08. The lowest BCUT2D eigenvalue weighted by Gasteiger charge is -2.31. The summed E-state index contributed by atoms with van der Waals surface area (Å²) in [5.74, 6) is 0.789. The summed E-state index contributed by atoms with van der Waals surface area (Å²) in [4.78, 5) is 19.8. The van der Waals surface area contributed by atoms with Crippen LogP contribution in [0.1, 0.15) is 42.0 Å². The first kappa shape index (κ1) is 25.3. The van der Waals surface area contributed by atoms with Gasteiger partial charge in [0.1, 0.15) is 5.75 Å². The fraction of sp³-hybridized carbons (Fsp3) is 0.161. The second-order valence-electron chi connectivity index (χ2n) is 9.36. The van der Waals surface area contributed by atoms with Crippen molar-refractivity contribution in [2.75, 3.05) is 7.11 Å². The summed E-state index contributed by atoms with van der Waals surface area (Å²) >= 11 is 8.55. The van der Waals surface area contributed by atoms with Gasteiger partial charge in [0.15, 0.2) is 4.80 Å². The molecule has 190 valence electrons. The molecule has 0 fully saturated rings. The highest BCUT2D eigenvalue weighted by molar-refractivity contribution is 9.10. The van der Waals surface area contributed by atoms with Gasteiger partial charge < -0.3 is 4.74 Å². The van der Waals surface area contributed by atoms with Gasteiger partial charge in [-0.15, -0.1) is 0 Å². The third-order valence-corrected chi connectivity index (χ3v) is 8.98. The summed E-state index contributed by atoms with van der Waals surface area (Å²) in [7, 11) is 1.65. The first-order valence-electron chi connectivity index (χ1n) is 12.4. The van der Waals surface area contributed by atoms with Gasteiger partial charge in [0.25, 0.3) is 5.56 Å². The van der Waals surface area contributed by atoms with Crippen molar-refractivity contribution >= 4 is 55.3 Å². The van der Waals surface area contributed by atoms with Gasteiger partial charge in [-0.05, 0) is 95.6 Å². The van der Waals surface area contributed by atoms with Crippen LogP contribution in [0.15, 0.2) is 108 Å². The molecule has 4 aromatic rings. The van der Waals surface area contributed by atoms with Crippen LogP contribution in [0.25, 0.3) is 12.2 Å². The Bertz CT molecular complexity index is 1750. The molecule has 0 spiro atoms. The summed E-state index contributed by atoms with van der Waals surface area (Å²) in [6.07, 6.45) is 7.10. The van der Waals surface area contributed by atoms with Crippen LogP contribution in [0, 0.1) is 0 Å². The lowest BCUT2D eigenvalue weighted by atomic mass is 9.84. The number of fused-ring (bicyclic) bond motifs is 1. The molecule has 1 aromatic heterocycles. The predicted molar refractivity (Wildman–Crippen MR) is 161 cm³/mol. The molecule has 1 atom stereocenters. The first-order chi connectivity index (χ1) is 18.5. The Hall–Kier alpha value is -3.00. The first-order valence-corrected chi connectivity index (χ1v) is 14.8. The molecule has 6 rings (SSSR count). The molecule has 0 saturated carbocycles. The number of allylic oxidation sites excluding steroid dienone is 2. The zero-order valence-electron chi connectivity index (χ0n) is 20.7. The van der Waals surface area contributed by atoms with Crippen molar-refractivity contribution in [3.8, 4) is 5.75 Å². The Morgan fingerprint density at radius 1 is 0.895 bits per heavy atom. The van der Waals surface area contributed by atoms with E-state index in [0.29, 0.717) is 4.53 Å². The highest BCUT2D eigenvalue weighted by Gasteiger charge is 2.32. The number of aromatic nitrogens is 1.